The average molecular weight is 584 g/mol. The van der Waals surface area contributed by atoms with Gasteiger partial charge in [-0.2, -0.15) is 0 Å². The van der Waals surface area contributed by atoms with Gasteiger partial charge in [0.05, 0.1) is 24.5 Å². The lowest BCUT2D eigenvalue weighted by Gasteiger charge is -2.27. The molecule has 0 radical (unpaired) electrons. The van der Waals surface area contributed by atoms with Crippen LogP contribution >= 0.6 is 11.8 Å². The van der Waals surface area contributed by atoms with Crippen LogP contribution < -0.4 is 15.4 Å². The van der Waals surface area contributed by atoms with Crippen LogP contribution in [-0.2, 0) is 27.3 Å². The summed E-state index contributed by atoms with van der Waals surface area (Å²) in [4.78, 5) is 50.6. The molecular formula is C32H33N5O4S. The average Bonchev–Trinajstić information content (AvgIpc) is 3.35. The van der Waals surface area contributed by atoms with E-state index >= 15 is 0 Å². The van der Waals surface area contributed by atoms with Gasteiger partial charge in [0.1, 0.15) is 17.6 Å². The van der Waals surface area contributed by atoms with Crippen molar-refractivity contribution >= 4 is 51.9 Å². The van der Waals surface area contributed by atoms with Crippen LogP contribution in [0.2, 0.25) is 0 Å². The topological polar surface area (TPSA) is 112 Å². The maximum atomic E-state index is 13.7. The number of aryl methyl sites for hydroxylation is 1. The van der Waals surface area contributed by atoms with Crippen molar-refractivity contribution in [2.24, 2.45) is 9.98 Å². The van der Waals surface area contributed by atoms with E-state index in [9.17, 15) is 14.4 Å². The molecule has 3 aromatic carbocycles. The first kappa shape index (κ1) is 29.1. The zero-order chi connectivity index (χ0) is 29.6. The number of carbonyl (C=O) groups is 3. The molecule has 0 aliphatic carbocycles. The van der Waals surface area contributed by atoms with Crippen molar-refractivity contribution in [2.45, 2.75) is 50.9 Å². The highest BCUT2D eigenvalue weighted by Crippen LogP contribution is 2.36. The van der Waals surface area contributed by atoms with Crippen molar-refractivity contribution < 1.29 is 19.1 Å². The second kappa shape index (κ2) is 13.0. The first-order valence-electron chi connectivity index (χ1n) is 14.0. The van der Waals surface area contributed by atoms with Crippen molar-refractivity contribution in [1.29, 1.82) is 0 Å². The highest BCUT2D eigenvalue weighted by molar-refractivity contribution is 8.15. The quantitative estimate of drug-likeness (QED) is 0.346. The Balaban J connectivity index is 1.30. The van der Waals surface area contributed by atoms with Crippen LogP contribution in [0.15, 0.2) is 82.8 Å². The number of nitrogens with one attached hydrogen (secondary N) is 2. The third-order valence-electron chi connectivity index (χ3n) is 7.12. The Morgan fingerprint density at radius 3 is 2.40 bits per heavy atom. The van der Waals surface area contributed by atoms with Gasteiger partial charge in [-0.15, -0.1) is 0 Å². The maximum absolute atomic E-state index is 13.7. The summed E-state index contributed by atoms with van der Waals surface area (Å²) < 4.78 is 5.18. The van der Waals surface area contributed by atoms with E-state index in [1.807, 2.05) is 79.7 Å². The lowest BCUT2D eigenvalue weighted by Crippen LogP contribution is -2.43. The smallest absolute Gasteiger partial charge is 0.259 e. The van der Waals surface area contributed by atoms with Gasteiger partial charge in [0.2, 0.25) is 11.8 Å². The fraction of sp³-hybridized carbons (Fsp3) is 0.281. The number of ether oxygens (including phenoxy) is 1. The van der Waals surface area contributed by atoms with E-state index < -0.39 is 11.3 Å². The Labute approximate surface area is 249 Å². The molecule has 0 aromatic heterocycles. The second-order valence-electron chi connectivity index (χ2n) is 9.94. The number of carbonyl (C=O) groups excluding carboxylic acids is 3. The van der Waals surface area contributed by atoms with E-state index in [2.05, 4.69) is 22.5 Å². The normalized spacial score (nSPS) is 16.1. The van der Waals surface area contributed by atoms with Gasteiger partial charge in [0.15, 0.2) is 5.17 Å². The first-order chi connectivity index (χ1) is 20.4. The third kappa shape index (κ3) is 6.38. The van der Waals surface area contributed by atoms with Crippen LogP contribution in [0.4, 0.5) is 11.4 Å². The summed E-state index contributed by atoms with van der Waals surface area (Å²) >= 11 is 1.23. The number of amidine groups is 2. The van der Waals surface area contributed by atoms with Gasteiger partial charge in [-0.1, -0.05) is 62.0 Å². The van der Waals surface area contributed by atoms with Crippen molar-refractivity contribution in [3.63, 3.8) is 0 Å². The summed E-state index contributed by atoms with van der Waals surface area (Å²) in [6.45, 7) is 4.33. The van der Waals surface area contributed by atoms with E-state index in [0.29, 0.717) is 40.9 Å². The highest BCUT2D eigenvalue weighted by atomic mass is 32.2. The molecule has 0 fully saturated rings. The Morgan fingerprint density at radius 1 is 1.00 bits per heavy atom. The Morgan fingerprint density at radius 2 is 1.71 bits per heavy atom. The van der Waals surface area contributed by atoms with Gasteiger partial charge in [-0.05, 0) is 60.4 Å². The molecule has 2 N–H and O–H groups in total. The summed E-state index contributed by atoms with van der Waals surface area (Å²) in [7, 11) is 1.60. The third-order valence-corrected chi connectivity index (χ3v) is 8.43. The van der Waals surface area contributed by atoms with Gasteiger partial charge in [0, 0.05) is 17.8 Å². The molecule has 10 heteroatoms. The minimum absolute atomic E-state index is 0.0967. The van der Waals surface area contributed by atoms with Gasteiger partial charge in [-0.25, -0.2) is 9.89 Å². The Hall–Kier alpha value is -4.44. The molecule has 0 saturated heterocycles. The molecule has 3 aromatic rings. The van der Waals surface area contributed by atoms with E-state index in [1.54, 1.807) is 7.11 Å². The number of thioether (sulfide) groups is 1. The molecule has 42 heavy (non-hydrogen) atoms. The van der Waals surface area contributed by atoms with Gasteiger partial charge >= 0.3 is 0 Å². The monoisotopic (exact) mass is 583 g/mol. The number of benzene rings is 3. The minimum atomic E-state index is -0.890. The summed E-state index contributed by atoms with van der Waals surface area (Å²) in [5.41, 5.74) is 4.19. The highest BCUT2D eigenvalue weighted by Gasteiger charge is 2.43. The summed E-state index contributed by atoms with van der Waals surface area (Å²) in [5, 5.41) is 5.74. The zero-order valence-corrected chi connectivity index (χ0v) is 24.6. The minimum Gasteiger partial charge on any atom is -0.497 e. The number of aliphatic imine (C=N–C) groups is 2. The molecule has 2 aliphatic rings. The Bertz CT molecular complexity index is 1540. The van der Waals surface area contributed by atoms with Crippen LogP contribution in [-0.4, -0.2) is 52.0 Å². The summed E-state index contributed by atoms with van der Waals surface area (Å²) in [5.74, 6) is 0.390. The van der Waals surface area contributed by atoms with E-state index in [4.69, 9.17) is 9.73 Å². The van der Waals surface area contributed by atoms with Crippen molar-refractivity contribution in [2.75, 3.05) is 12.4 Å². The molecule has 0 saturated carbocycles. The lowest BCUT2D eigenvalue weighted by molar-refractivity contribution is -0.128. The van der Waals surface area contributed by atoms with E-state index in [0.717, 1.165) is 17.7 Å². The molecule has 0 bridgehead atoms. The number of hydrogen-bond donors (Lipinski definition) is 2. The fourth-order valence-electron chi connectivity index (χ4n) is 4.70. The zero-order valence-electron chi connectivity index (χ0n) is 23.8. The molecule has 0 unspecified atom stereocenters. The second-order valence-corrected chi connectivity index (χ2v) is 11.1. The van der Waals surface area contributed by atoms with Crippen LogP contribution in [0.25, 0.3) is 0 Å². The number of methoxy groups -OCH3 is 1. The molecule has 2 aliphatic heterocycles. The van der Waals surface area contributed by atoms with Gasteiger partial charge in [0.25, 0.3) is 5.91 Å². The number of rotatable bonds is 10. The summed E-state index contributed by atoms with van der Waals surface area (Å²) in [6.07, 6.45) is 1.35. The van der Waals surface area contributed by atoms with Crippen molar-refractivity contribution in [3.8, 4) is 5.75 Å². The molecule has 5 rings (SSSR count). The lowest BCUT2D eigenvalue weighted by atomic mass is 10.1. The van der Waals surface area contributed by atoms with Gasteiger partial charge in [-0.3, -0.25) is 19.4 Å². The van der Waals surface area contributed by atoms with Crippen molar-refractivity contribution in [3.05, 3.63) is 89.5 Å². The van der Waals surface area contributed by atoms with Crippen LogP contribution in [0.3, 0.4) is 0 Å². The van der Waals surface area contributed by atoms with Crippen LogP contribution in [0.5, 0.6) is 5.75 Å². The van der Waals surface area contributed by atoms with Crippen LogP contribution in [0, 0.1) is 0 Å². The number of amides is 3. The summed E-state index contributed by atoms with van der Waals surface area (Å²) in [6, 6.07) is 21.7. The largest absolute Gasteiger partial charge is 0.497 e. The first-order valence-corrected chi connectivity index (χ1v) is 14.8. The molecule has 216 valence electrons. The molecular weight excluding hydrogens is 550 g/mol. The SMILES string of the molecule is CCc1ccc(NC(=O)[C@@H](CC)SC2=Nc3ccccc3C3=N[C@H](CC(=O)NCc4ccc(OC)cc4)C(=O)N23)cc1. The van der Waals surface area contributed by atoms with Crippen molar-refractivity contribution in [1.82, 2.24) is 10.2 Å². The number of anilines is 1. The standard InChI is InChI=1S/C32H33N5O4S/c1-4-20-10-14-22(15-11-20)34-30(39)27(5-2)42-32-36-25-9-7-6-8-24(25)29-35-26(31(40)37(29)32)18-28(38)33-19-21-12-16-23(41-3)17-13-21/h6-17,26-27H,4-5,18-19H2,1-3H3,(H,33,38)(H,34,39)/t26-,27-/m1/s1. The molecule has 2 heterocycles. The predicted molar refractivity (Wildman–Crippen MR) is 166 cm³/mol. The number of nitrogens with zero attached hydrogens (tertiary/aromatic N) is 3. The number of para-hydroxylation sites is 1. The predicted octanol–water partition coefficient (Wildman–Crippen LogP) is 5.07. The number of fused-ring (bicyclic) bond motifs is 3. The molecule has 2 atom stereocenters. The Kier molecular flexibility index (Phi) is 9.02. The molecule has 0 spiro atoms. The number of hydrogen-bond acceptors (Lipinski definition) is 7. The van der Waals surface area contributed by atoms with Gasteiger partial charge < -0.3 is 15.4 Å². The molecule has 9 nitrogen and oxygen atoms in total. The van der Waals surface area contributed by atoms with Crippen LogP contribution in [0.1, 0.15) is 43.4 Å². The maximum Gasteiger partial charge on any atom is 0.259 e. The van der Waals surface area contributed by atoms with E-state index in [-0.39, 0.29) is 24.1 Å². The van der Waals surface area contributed by atoms with E-state index in [1.165, 1.54) is 22.2 Å². The molecule has 3 amide bonds. The fourth-order valence-corrected chi connectivity index (χ4v) is 5.72.